The molecule has 0 saturated heterocycles. The summed E-state index contributed by atoms with van der Waals surface area (Å²) in [6.45, 7) is 4.04. The van der Waals surface area contributed by atoms with Gasteiger partial charge in [0.25, 0.3) is 0 Å². The van der Waals surface area contributed by atoms with Crippen molar-refractivity contribution < 1.29 is 22.7 Å². The molecule has 1 aromatic heterocycles. The third kappa shape index (κ3) is 7.66. The summed E-state index contributed by atoms with van der Waals surface area (Å²) in [4.78, 5) is 14.7. The number of sulfonamides is 1. The lowest BCUT2D eigenvalue weighted by Gasteiger charge is -2.20. The number of nitrogens with one attached hydrogen (secondary N) is 1. The summed E-state index contributed by atoms with van der Waals surface area (Å²) in [6, 6.07) is 11.6. The molecule has 3 aromatic rings. The van der Waals surface area contributed by atoms with E-state index in [0.29, 0.717) is 21.4 Å². The average molecular weight is 643 g/mol. The number of hydrogen-bond acceptors (Lipinski definition) is 6. The van der Waals surface area contributed by atoms with Crippen molar-refractivity contribution in [2.75, 3.05) is 54.6 Å². The van der Waals surface area contributed by atoms with E-state index in [-0.39, 0.29) is 30.6 Å². The molecule has 0 aliphatic rings. The van der Waals surface area contributed by atoms with E-state index in [9.17, 15) is 13.2 Å². The van der Waals surface area contributed by atoms with Gasteiger partial charge in [-0.3, -0.25) is 4.79 Å². The molecule has 0 unspecified atom stereocenters. The SMILES string of the molecule is COc1cc(C)c(S(=O)(=O)N(C)CCOCC(=O)NCc2ccc3ccn(CCN(C)C)c3c2)c(I)c1. The number of halogens is 1. The number of likely N-dealkylation sites (N-methyl/N-ethyl adjacent to an activating group) is 2. The highest BCUT2D eigenvalue weighted by molar-refractivity contribution is 14.1. The van der Waals surface area contributed by atoms with E-state index in [2.05, 4.69) is 39.2 Å². The number of ether oxygens (including phenoxy) is 2. The van der Waals surface area contributed by atoms with Crippen molar-refractivity contribution in [3.05, 3.63) is 57.3 Å². The molecule has 11 heteroatoms. The van der Waals surface area contributed by atoms with Gasteiger partial charge in [0.1, 0.15) is 12.4 Å². The van der Waals surface area contributed by atoms with Crippen LogP contribution in [0.15, 0.2) is 47.5 Å². The largest absolute Gasteiger partial charge is 0.497 e. The number of rotatable bonds is 13. The predicted octanol–water partition coefficient (Wildman–Crippen LogP) is 3.08. The van der Waals surface area contributed by atoms with E-state index < -0.39 is 10.0 Å². The first-order valence-corrected chi connectivity index (χ1v) is 14.4. The van der Waals surface area contributed by atoms with Gasteiger partial charge < -0.3 is 24.3 Å². The van der Waals surface area contributed by atoms with Crippen molar-refractivity contribution in [3.8, 4) is 5.75 Å². The van der Waals surface area contributed by atoms with Crippen molar-refractivity contribution in [3.63, 3.8) is 0 Å². The van der Waals surface area contributed by atoms with Crippen LogP contribution in [0.1, 0.15) is 11.1 Å². The highest BCUT2D eigenvalue weighted by Crippen LogP contribution is 2.29. The molecule has 1 N–H and O–H groups in total. The zero-order valence-corrected chi connectivity index (χ0v) is 24.9. The van der Waals surface area contributed by atoms with Crippen molar-refractivity contribution in [2.45, 2.75) is 24.9 Å². The Labute approximate surface area is 232 Å². The fraction of sp³-hybridized carbons (Fsp3) is 0.423. The maximum atomic E-state index is 13.1. The minimum atomic E-state index is -3.71. The van der Waals surface area contributed by atoms with Crippen LogP contribution in [0.4, 0.5) is 0 Å². The van der Waals surface area contributed by atoms with Gasteiger partial charge in [-0.1, -0.05) is 12.1 Å². The minimum Gasteiger partial charge on any atom is -0.497 e. The molecule has 9 nitrogen and oxygen atoms in total. The fourth-order valence-corrected chi connectivity index (χ4v) is 6.84. The Morgan fingerprint density at radius 2 is 1.86 bits per heavy atom. The fourth-order valence-electron chi connectivity index (χ4n) is 3.87. The number of fused-ring (bicyclic) bond motifs is 1. The molecule has 0 aliphatic heterocycles. The molecule has 2 aromatic carbocycles. The molecule has 3 rings (SSSR count). The van der Waals surface area contributed by atoms with Gasteiger partial charge >= 0.3 is 0 Å². The van der Waals surface area contributed by atoms with E-state index in [1.54, 1.807) is 26.2 Å². The van der Waals surface area contributed by atoms with Crippen molar-refractivity contribution in [1.29, 1.82) is 0 Å². The summed E-state index contributed by atoms with van der Waals surface area (Å²) >= 11 is 2.00. The number of hydrogen-bond donors (Lipinski definition) is 1. The van der Waals surface area contributed by atoms with Crippen LogP contribution in [-0.2, 0) is 32.6 Å². The second kappa shape index (κ2) is 13.1. The Morgan fingerprint density at radius 1 is 1.11 bits per heavy atom. The topological polar surface area (TPSA) is 93.1 Å². The highest BCUT2D eigenvalue weighted by atomic mass is 127. The van der Waals surface area contributed by atoms with Crippen LogP contribution in [0.2, 0.25) is 0 Å². The smallest absolute Gasteiger partial charge is 0.246 e. The van der Waals surface area contributed by atoms with Crippen LogP contribution >= 0.6 is 22.6 Å². The lowest BCUT2D eigenvalue weighted by molar-refractivity contribution is -0.125. The van der Waals surface area contributed by atoms with E-state index in [1.165, 1.54) is 11.4 Å². The molecule has 37 heavy (non-hydrogen) atoms. The van der Waals surface area contributed by atoms with Gasteiger partial charge in [0.15, 0.2) is 0 Å². The molecular weight excluding hydrogens is 607 g/mol. The molecule has 1 amide bonds. The van der Waals surface area contributed by atoms with Crippen LogP contribution in [0.3, 0.4) is 0 Å². The average Bonchev–Trinajstić information content (AvgIpc) is 3.25. The van der Waals surface area contributed by atoms with Crippen molar-refractivity contribution in [1.82, 2.24) is 19.1 Å². The van der Waals surface area contributed by atoms with Gasteiger partial charge in [0.2, 0.25) is 15.9 Å². The van der Waals surface area contributed by atoms with Crippen LogP contribution in [-0.4, -0.2) is 82.7 Å². The third-order valence-electron chi connectivity index (χ3n) is 6.01. The Kier molecular flexibility index (Phi) is 10.4. The second-order valence-electron chi connectivity index (χ2n) is 9.12. The first-order valence-electron chi connectivity index (χ1n) is 11.9. The highest BCUT2D eigenvalue weighted by Gasteiger charge is 2.26. The van der Waals surface area contributed by atoms with Gasteiger partial charge in [-0.05, 0) is 84.4 Å². The maximum absolute atomic E-state index is 13.1. The van der Waals surface area contributed by atoms with Crippen LogP contribution < -0.4 is 10.1 Å². The second-order valence-corrected chi connectivity index (χ2v) is 12.3. The zero-order valence-electron chi connectivity index (χ0n) is 22.0. The first-order chi connectivity index (χ1) is 17.5. The summed E-state index contributed by atoms with van der Waals surface area (Å²) < 4.78 is 40.9. The third-order valence-corrected chi connectivity index (χ3v) is 9.28. The number of nitrogens with zero attached hydrogens (tertiary/aromatic N) is 3. The van der Waals surface area contributed by atoms with Gasteiger partial charge in [-0.25, -0.2) is 8.42 Å². The Balaban J connectivity index is 1.48. The van der Waals surface area contributed by atoms with Gasteiger partial charge in [0, 0.05) is 48.5 Å². The van der Waals surface area contributed by atoms with Crippen LogP contribution in [0.5, 0.6) is 5.75 Å². The summed E-state index contributed by atoms with van der Waals surface area (Å²) in [5.41, 5.74) is 2.75. The Morgan fingerprint density at radius 3 is 2.54 bits per heavy atom. The summed E-state index contributed by atoms with van der Waals surface area (Å²) in [7, 11) is 3.43. The standard InChI is InChI=1S/C26H35IN4O5S/c1-19-14-22(35-5)16-23(27)26(19)37(33,34)30(4)12-13-36-18-25(32)28-17-20-6-7-21-8-9-31(24(21)15-20)11-10-29(2)3/h6-9,14-16H,10-13,17-18H2,1-5H3,(H,28,32). The van der Waals surface area contributed by atoms with E-state index in [1.807, 2.05) is 42.8 Å². The Bertz CT molecular complexity index is 1320. The van der Waals surface area contributed by atoms with E-state index in [4.69, 9.17) is 9.47 Å². The van der Waals surface area contributed by atoms with Crippen molar-refractivity contribution >= 4 is 49.4 Å². The molecule has 0 fully saturated rings. The molecule has 202 valence electrons. The predicted molar refractivity (Wildman–Crippen MR) is 153 cm³/mol. The number of aromatic nitrogens is 1. The molecule has 0 spiro atoms. The summed E-state index contributed by atoms with van der Waals surface area (Å²) in [5, 5.41) is 4.03. The van der Waals surface area contributed by atoms with Gasteiger partial charge in [0.05, 0.1) is 18.6 Å². The number of carbonyl (C=O) groups excluding carboxylic acids is 1. The summed E-state index contributed by atoms with van der Waals surface area (Å²) in [5.74, 6) is 0.352. The van der Waals surface area contributed by atoms with E-state index >= 15 is 0 Å². The number of methoxy groups -OCH3 is 1. The number of carbonyl (C=O) groups is 1. The van der Waals surface area contributed by atoms with Crippen LogP contribution in [0, 0.1) is 10.5 Å². The minimum absolute atomic E-state index is 0.0975. The monoisotopic (exact) mass is 642 g/mol. The van der Waals surface area contributed by atoms with Crippen LogP contribution in [0.25, 0.3) is 10.9 Å². The van der Waals surface area contributed by atoms with Gasteiger partial charge in [-0.15, -0.1) is 0 Å². The maximum Gasteiger partial charge on any atom is 0.246 e. The molecule has 0 atom stereocenters. The van der Waals surface area contributed by atoms with E-state index in [0.717, 1.165) is 29.6 Å². The normalized spacial score (nSPS) is 12.0. The number of amides is 1. The number of benzene rings is 2. The lowest BCUT2D eigenvalue weighted by Crippen LogP contribution is -2.33. The molecule has 0 aliphatic carbocycles. The van der Waals surface area contributed by atoms with Gasteiger partial charge in [-0.2, -0.15) is 4.31 Å². The van der Waals surface area contributed by atoms with Crippen molar-refractivity contribution in [2.24, 2.45) is 0 Å². The first kappa shape index (κ1) is 29.4. The Hall–Kier alpha value is -2.19. The molecule has 0 radical (unpaired) electrons. The molecule has 0 saturated carbocycles. The lowest BCUT2D eigenvalue weighted by atomic mass is 10.1. The number of aryl methyl sites for hydroxylation is 1. The zero-order chi connectivity index (χ0) is 27.2. The molecule has 0 bridgehead atoms. The molecular formula is C26H35IN4O5S. The summed E-state index contributed by atoms with van der Waals surface area (Å²) in [6.07, 6.45) is 2.08. The molecule has 1 heterocycles. The quantitative estimate of drug-likeness (QED) is 0.228.